The molecule has 2 rings (SSSR count). The fourth-order valence-corrected chi connectivity index (χ4v) is 1.79. The number of fused-ring (bicyclic) bond motifs is 1. The fourth-order valence-electron chi connectivity index (χ4n) is 1.15. The summed E-state index contributed by atoms with van der Waals surface area (Å²) >= 11 is 0. The van der Waals surface area contributed by atoms with Crippen LogP contribution in [0.2, 0.25) is 0 Å². The van der Waals surface area contributed by atoms with Crippen LogP contribution in [0.15, 0.2) is 17.3 Å². The zero-order chi connectivity index (χ0) is 11.9. The third-order valence-corrected chi connectivity index (χ3v) is 3.29. The Morgan fingerprint density at radius 3 is 2.69 bits per heavy atom. The Morgan fingerprint density at radius 1 is 1.44 bits per heavy atom. The summed E-state index contributed by atoms with van der Waals surface area (Å²) in [6.45, 7) is 3.88. The number of aromatic nitrogens is 4. The molecular weight excluding hydrogens is 252 g/mol. The summed E-state index contributed by atoms with van der Waals surface area (Å²) in [7, 11) is 1.41. The molecule has 0 fully saturated rings. The Hall–Kier alpha value is -1.21. The number of rotatable bonds is 2. The van der Waals surface area contributed by atoms with Crippen molar-refractivity contribution >= 4 is 25.5 Å². The smallest absolute Gasteiger partial charge is 0.218 e. The maximum absolute atomic E-state index is 11.1. The molecule has 0 bridgehead atoms. The Bertz CT molecular complexity index is 635. The minimum absolute atomic E-state index is 0.0955. The van der Waals surface area contributed by atoms with Gasteiger partial charge in [-0.2, -0.15) is 4.98 Å². The second-order valence-electron chi connectivity index (χ2n) is 3.60. The van der Waals surface area contributed by atoms with E-state index in [0.29, 0.717) is 11.6 Å². The number of halogens is 1. The van der Waals surface area contributed by atoms with Crippen LogP contribution in [0, 0.1) is 0 Å². The van der Waals surface area contributed by atoms with Crippen molar-refractivity contribution in [2.24, 2.45) is 0 Å². The Balaban J connectivity index is 2.63. The van der Waals surface area contributed by atoms with Crippen LogP contribution in [0.1, 0.15) is 25.6 Å². The summed E-state index contributed by atoms with van der Waals surface area (Å²) in [5.74, 6) is 1.11. The van der Waals surface area contributed by atoms with Gasteiger partial charge in [-0.15, -0.1) is 5.10 Å². The van der Waals surface area contributed by atoms with Crippen LogP contribution in [-0.4, -0.2) is 28.0 Å². The lowest BCUT2D eigenvalue weighted by molar-refractivity contribution is 0.608. The van der Waals surface area contributed by atoms with Crippen molar-refractivity contribution in [1.29, 1.82) is 0 Å². The van der Waals surface area contributed by atoms with Gasteiger partial charge in [-0.25, -0.2) is 17.9 Å². The molecule has 0 aliphatic carbocycles. The van der Waals surface area contributed by atoms with E-state index >= 15 is 0 Å². The molecule has 86 valence electrons. The fraction of sp³-hybridized carbons (Fsp3) is 0.375. The Morgan fingerprint density at radius 2 is 2.12 bits per heavy atom. The molecule has 2 heterocycles. The van der Waals surface area contributed by atoms with Crippen LogP contribution in [0.5, 0.6) is 0 Å². The highest BCUT2D eigenvalue weighted by molar-refractivity contribution is 8.13. The van der Waals surface area contributed by atoms with Gasteiger partial charge < -0.3 is 0 Å². The van der Waals surface area contributed by atoms with E-state index in [1.54, 1.807) is 0 Å². The van der Waals surface area contributed by atoms with Gasteiger partial charge in [0.2, 0.25) is 0 Å². The predicted octanol–water partition coefficient (Wildman–Crippen LogP) is 1.18. The number of nitrogens with zero attached hydrogens (tertiary/aromatic N) is 4. The zero-order valence-electron chi connectivity index (χ0n) is 8.62. The number of hydrogen-bond donors (Lipinski definition) is 0. The van der Waals surface area contributed by atoms with E-state index in [-0.39, 0.29) is 10.8 Å². The van der Waals surface area contributed by atoms with Gasteiger partial charge in [0.1, 0.15) is 4.90 Å². The molecule has 0 spiro atoms. The summed E-state index contributed by atoms with van der Waals surface area (Å²) in [5, 5.41) is 4.11. The summed E-state index contributed by atoms with van der Waals surface area (Å²) in [6, 6.07) is 0. The largest absolute Gasteiger partial charge is 0.264 e. The van der Waals surface area contributed by atoms with Crippen molar-refractivity contribution in [3.63, 3.8) is 0 Å². The van der Waals surface area contributed by atoms with Crippen molar-refractivity contribution in [3.8, 4) is 0 Å². The van der Waals surface area contributed by atoms with Crippen molar-refractivity contribution in [1.82, 2.24) is 19.6 Å². The molecule has 0 aliphatic heterocycles. The monoisotopic (exact) mass is 260 g/mol. The van der Waals surface area contributed by atoms with Crippen LogP contribution < -0.4 is 0 Å². The van der Waals surface area contributed by atoms with Gasteiger partial charge in [-0.3, -0.25) is 0 Å². The van der Waals surface area contributed by atoms with Gasteiger partial charge in [-0.1, -0.05) is 13.8 Å². The third-order valence-electron chi connectivity index (χ3n) is 1.98. The molecule has 0 aromatic carbocycles. The maximum atomic E-state index is 11.1. The van der Waals surface area contributed by atoms with Gasteiger partial charge in [0, 0.05) is 16.6 Å². The molecule has 0 radical (unpaired) electrons. The first-order valence-corrected chi connectivity index (χ1v) is 6.86. The highest BCUT2D eigenvalue weighted by Gasteiger charge is 2.14. The standard InChI is InChI=1S/C8H9ClN4O2S/c1-5(2)7-11-8-10-3-6(16(9,14)15)4-13(8)12-7/h3-5H,1-2H3. The lowest BCUT2D eigenvalue weighted by atomic mass is 10.2. The van der Waals surface area contributed by atoms with Gasteiger partial charge in [0.15, 0.2) is 5.82 Å². The van der Waals surface area contributed by atoms with E-state index in [2.05, 4.69) is 15.1 Å². The van der Waals surface area contributed by atoms with Gasteiger partial charge >= 0.3 is 0 Å². The summed E-state index contributed by atoms with van der Waals surface area (Å²) in [6.07, 6.45) is 2.46. The predicted molar refractivity (Wildman–Crippen MR) is 57.9 cm³/mol. The molecule has 0 saturated carbocycles. The highest BCUT2D eigenvalue weighted by Crippen LogP contribution is 2.15. The molecule has 0 unspecified atom stereocenters. The quantitative estimate of drug-likeness (QED) is 0.758. The Labute approximate surface area is 96.7 Å². The lowest BCUT2D eigenvalue weighted by Gasteiger charge is -1.95. The van der Waals surface area contributed by atoms with E-state index < -0.39 is 9.05 Å². The van der Waals surface area contributed by atoms with Crippen LogP contribution in [-0.2, 0) is 9.05 Å². The summed E-state index contributed by atoms with van der Waals surface area (Å²) in [5.41, 5.74) is 0. The van der Waals surface area contributed by atoms with E-state index in [1.807, 2.05) is 13.8 Å². The molecule has 0 amide bonds. The van der Waals surface area contributed by atoms with Gasteiger partial charge in [0.25, 0.3) is 14.8 Å². The van der Waals surface area contributed by atoms with E-state index in [1.165, 1.54) is 10.7 Å². The summed E-state index contributed by atoms with van der Waals surface area (Å²) < 4.78 is 23.5. The van der Waals surface area contributed by atoms with Crippen LogP contribution >= 0.6 is 10.7 Å². The molecule has 0 saturated heterocycles. The highest BCUT2D eigenvalue weighted by atomic mass is 35.7. The normalized spacial score (nSPS) is 12.5. The van der Waals surface area contributed by atoms with E-state index in [4.69, 9.17) is 10.7 Å². The molecular formula is C8H9ClN4O2S. The minimum Gasteiger partial charge on any atom is -0.218 e. The van der Waals surface area contributed by atoms with Crippen LogP contribution in [0.3, 0.4) is 0 Å². The third kappa shape index (κ3) is 2.00. The van der Waals surface area contributed by atoms with E-state index in [9.17, 15) is 8.42 Å². The zero-order valence-corrected chi connectivity index (χ0v) is 10.2. The minimum atomic E-state index is -3.78. The first-order valence-electron chi connectivity index (χ1n) is 4.55. The second-order valence-corrected chi connectivity index (χ2v) is 6.16. The summed E-state index contributed by atoms with van der Waals surface area (Å²) in [4.78, 5) is 7.92. The average Bonchev–Trinajstić information content (AvgIpc) is 2.58. The van der Waals surface area contributed by atoms with Crippen molar-refractivity contribution < 1.29 is 8.42 Å². The molecule has 8 heteroatoms. The molecule has 0 aliphatic rings. The first kappa shape index (κ1) is 11.3. The average molecular weight is 261 g/mol. The van der Waals surface area contributed by atoms with Crippen molar-refractivity contribution in [3.05, 3.63) is 18.2 Å². The first-order chi connectivity index (χ1) is 7.38. The van der Waals surface area contributed by atoms with Gasteiger partial charge in [0.05, 0.1) is 12.4 Å². The van der Waals surface area contributed by atoms with Crippen LogP contribution in [0.4, 0.5) is 0 Å². The van der Waals surface area contributed by atoms with Gasteiger partial charge in [-0.05, 0) is 0 Å². The Kier molecular flexibility index (Phi) is 2.59. The molecule has 2 aromatic rings. The van der Waals surface area contributed by atoms with Crippen LogP contribution in [0.25, 0.3) is 5.78 Å². The molecule has 2 aromatic heterocycles. The topological polar surface area (TPSA) is 77.2 Å². The number of hydrogen-bond acceptors (Lipinski definition) is 5. The molecule has 0 atom stereocenters. The second kappa shape index (κ2) is 3.67. The van der Waals surface area contributed by atoms with Crippen molar-refractivity contribution in [2.75, 3.05) is 0 Å². The van der Waals surface area contributed by atoms with E-state index in [0.717, 1.165) is 6.20 Å². The molecule has 16 heavy (non-hydrogen) atoms. The lowest BCUT2D eigenvalue weighted by Crippen LogP contribution is -1.98. The maximum Gasteiger partial charge on any atom is 0.264 e. The SMILES string of the molecule is CC(C)c1nc2ncc(S(=O)(=O)Cl)cn2n1. The molecule has 0 N–H and O–H groups in total. The molecule has 6 nitrogen and oxygen atoms in total. The van der Waals surface area contributed by atoms with Crippen molar-refractivity contribution in [2.45, 2.75) is 24.7 Å².